The van der Waals surface area contributed by atoms with Gasteiger partial charge in [0.1, 0.15) is 5.01 Å². The van der Waals surface area contributed by atoms with Crippen molar-refractivity contribution < 1.29 is 8.78 Å². The lowest BCUT2D eigenvalue weighted by Gasteiger charge is -1.98. The Balaban J connectivity index is 2.57. The van der Waals surface area contributed by atoms with Crippen molar-refractivity contribution in [2.75, 3.05) is 0 Å². The molecule has 0 bridgehead atoms. The average molecular weight is 210 g/mol. The maximum Gasteiger partial charge on any atom is 0.169 e. The first-order valence-electron chi connectivity index (χ1n) is 3.90. The number of halogens is 2. The molecular weight excluding hydrogens is 204 g/mol. The van der Waals surface area contributed by atoms with Crippen LogP contribution in [0, 0.1) is 18.6 Å². The number of nitrogens with zero attached hydrogens (tertiary/aromatic N) is 1. The van der Waals surface area contributed by atoms with E-state index in [0.717, 1.165) is 6.07 Å². The number of thiazole rings is 1. The van der Waals surface area contributed by atoms with Gasteiger partial charge in [-0.05, 0) is 19.1 Å². The van der Waals surface area contributed by atoms with Crippen LogP contribution in [-0.4, -0.2) is 4.98 Å². The molecule has 0 aliphatic rings. The highest BCUT2D eigenvalue weighted by Gasteiger charge is 2.11. The van der Waals surface area contributed by atoms with Crippen molar-refractivity contribution >= 4 is 11.3 Å². The minimum atomic E-state index is -0.859. The normalized spacial score (nSPS) is 10.5. The Labute approximate surface area is 84.0 Å². The summed E-state index contributed by atoms with van der Waals surface area (Å²) in [5.41, 5.74) is 0.749. The fourth-order valence-corrected chi connectivity index (χ4v) is 1.85. The summed E-state index contributed by atoms with van der Waals surface area (Å²) < 4.78 is 26.1. The van der Waals surface area contributed by atoms with Gasteiger partial charge >= 0.3 is 0 Å². The topological polar surface area (TPSA) is 12.9 Å². The van der Waals surface area contributed by atoms with Gasteiger partial charge in [-0.3, -0.25) is 0 Å². The third-order valence-corrected chi connectivity index (χ3v) is 2.66. The molecule has 0 aliphatic heterocycles. The molecule has 0 aliphatic carbocycles. The largest absolute Gasteiger partial charge is 0.241 e. The third-order valence-electron chi connectivity index (χ3n) is 1.73. The van der Waals surface area contributed by atoms with E-state index in [-0.39, 0.29) is 5.56 Å². The number of aromatic nitrogens is 1. The maximum atomic E-state index is 13.3. The van der Waals surface area contributed by atoms with Gasteiger partial charge in [0.15, 0.2) is 11.6 Å². The van der Waals surface area contributed by atoms with Crippen molar-refractivity contribution in [1.29, 1.82) is 0 Å². The van der Waals surface area contributed by atoms with E-state index < -0.39 is 11.6 Å². The molecule has 1 radical (unpaired) electrons. The van der Waals surface area contributed by atoms with Crippen LogP contribution in [0.5, 0.6) is 0 Å². The molecular formula is C10H6F2NS. The van der Waals surface area contributed by atoms with Crippen molar-refractivity contribution in [1.82, 2.24) is 4.98 Å². The van der Waals surface area contributed by atoms with Crippen LogP contribution >= 0.6 is 11.3 Å². The first-order valence-corrected chi connectivity index (χ1v) is 4.78. The van der Waals surface area contributed by atoms with Gasteiger partial charge in [-0.25, -0.2) is 13.8 Å². The first-order chi connectivity index (χ1) is 6.68. The second-order valence-corrected chi connectivity index (χ2v) is 3.60. The lowest BCUT2D eigenvalue weighted by atomic mass is 10.2. The van der Waals surface area contributed by atoms with Gasteiger partial charge in [0.05, 0.1) is 5.69 Å². The summed E-state index contributed by atoms with van der Waals surface area (Å²) in [5.74, 6) is -1.72. The summed E-state index contributed by atoms with van der Waals surface area (Å²) >= 11 is 1.25. The summed E-state index contributed by atoms with van der Waals surface area (Å²) in [6.07, 6.45) is 0. The molecule has 4 heteroatoms. The monoisotopic (exact) mass is 210 g/mol. The van der Waals surface area contributed by atoms with Gasteiger partial charge < -0.3 is 0 Å². The molecule has 14 heavy (non-hydrogen) atoms. The molecule has 0 fully saturated rings. The van der Waals surface area contributed by atoms with Gasteiger partial charge in [-0.15, -0.1) is 11.3 Å². The minimum absolute atomic E-state index is 0.185. The fraction of sp³-hybridized carbons (Fsp3) is 0. The Hall–Kier alpha value is -1.29. The number of hydrogen-bond donors (Lipinski definition) is 0. The van der Waals surface area contributed by atoms with Crippen LogP contribution in [-0.2, 0) is 0 Å². The number of hydrogen-bond acceptors (Lipinski definition) is 2. The molecule has 1 heterocycles. The van der Waals surface area contributed by atoms with Crippen molar-refractivity contribution in [3.8, 4) is 10.6 Å². The lowest BCUT2D eigenvalue weighted by Crippen LogP contribution is -1.88. The van der Waals surface area contributed by atoms with Gasteiger partial charge in [0.25, 0.3) is 0 Å². The zero-order chi connectivity index (χ0) is 10.1. The molecule has 0 saturated heterocycles. The quantitative estimate of drug-likeness (QED) is 0.704. The molecule has 0 amide bonds. The number of rotatable bonds is 1. The molecule has 2 aromatic rings. The lowest BCUT2D eigenvalue weighted by molar-refractivity contribution is 0.511. The Bertz CT molecular complexity index is 465. The van der Waals surface area contributed by atoms with E-state index in [1.54, 1.807) is 5.38 Å². The van der Waals surface area contributed by atoms with Crippen LogP contribution in [0.25, 0.3) is 10.6 Å². The van der Waals surface area contributed by atoms with E-state index in [1.165, 1.54) is 23.5 Å². The van der Waals surface area contributed by atoms with Crippen molar-refractivity contribution in [3.63, 3.8) is 0 Å². The van der Waals surface area contributed by atoms with Crippen molar-refractivity contribution in [3.05, 3.63) is 47.8 Å². The Morgan fingerprint density at radius 3 is 2.71 bits per heavy atom. The molecule has 1 aromatic carbocycles. The molecule has 71 valence electrons. The maximum absolute atomic E-state index is 13.3. The zero-order valence-corrected chi connectivity index (χ0v) is 7.94. The van der Waals surface area contributed by atoms with Gasteiger partial charge in [-0.1, -0.05) is 6.07 Å². The first kappa shape index (κ1) is 9.27. The van der Waals surface area contributed by atoms with Crippen molar-refractivity contribution in [2.45, 2.75) is 0 Å². The summed E-state index contributed by atoms with van der Waals surface area (Å²) in [7, 11) is 0. The van der Waals surface area contributed by atoms with Gasteiger partial charge in [-0.2, -0.15) is 0 Å². The van der Waals surface area contributed by atoms with Gasteiger partial charge in [0.2, 0.25) is 0 Å². The second-order valence-electron chi connectivity index (χ2n) is 2.75. The Kier molecular flexibility index (Phi) is 2.29. The summed E-state index contributed by atoms with van der Waals surface area (Å²) in [6, 6.07) is 4.03. The van der Waals surface area contributed by atoms with Crippen LogP contribution in [0.15, 0.2) is 23.6 Å². The summed E-state index contributed by atoms with van der Waals surface area (Å²) in [5, 5.41) is 2.15. The van der Waals surface area contributed by atoms with Crippen LogP contribution < -0.4 is 0 Å². The molecule has 0 atom stereocenters. The molecule has 2 rings (SSSR count). The number of benzene rings is 1. The molecule has 0 N–H and O–H groups in total. The van der Waals surface area contributed by atoms with E-state index in [4.69, 9.17) is 0 Å². The van der Waals surface area contributed by atoms with E-state index in [0.29, 0.717) is 10.7 Å². The molecule has 0 saturated carbocycles. The molecule has 0 unspecified atom stereocenters. The van der Waals surface area contributed by atoms with E-state index in [2.05, 4.69) is 11.9 Å². The summed E-state index contributed by atoms with van der Waals surface area (Å²) in [4.78, 5) is 3.98. The predicted octanol–water partition coefficient (Wildman–Crippen LogP) is 3.27. The zero-order valence-electron chi connectivity index (χ0n) is 7.13. The fourth-order valence-electron chi connectivity index (χ4n) is 1.10. The van der Waals surface area contributed by atoms with Crippen LogP contribution in [0.3, 0.4) is 0 Å². The predicted molar refractivity (Wildman–Crippen MR) is 51.9 cm³/mol. The smallest absolute Gasteiger partial charge is 0.169 e. The average Bonchev–Trinajstić information content (AvgIpc) is 2.57. The SMILES string of the molecule is [CH2]c1csc(-c2cccc(F)c2F)n1. The highest BCUT2D eigenvalue weighted by atomic mass is 32.1. The van der Waals surface area contributed by atoms with E-state index in [1.807, 2.05) is 0 Å². The van der Waals surface area contributed by atoms with Crippen LogP contribution in [0.1, 0.15) is 5.69 Å². The highest BCUT2D eigenvalue weighted by molar-refractivity contribution is 7.13. The summed E-state index contributed by atoms with van der Waals surface area (Å²) in [6.45, 7) is 3.60. The molecule has 1 nitrogen and oxygen atoms in total. The van der Waals surface area contributed by atoms with E-state index >= 15 is 0 Å². The van der Waals surface area contributed by atoms with E-state index in [9.17, 15) is 8.78 Å². The minimum Gasteiger partial charge on any atom is -0.241 e. The third kappa shape index (κ3) is 1.53. The highest BCUT2D eigenvalue weighted by Crippen LogP contribution is 2.27. The Morgan fingerprint density at radius 2 is 2.07 bits per heavy atom. The van der Waals surface area contributed by atoms with Crippen LogP contribution in [0.4, 0.5) is 8.78 Å². The second kappa shape index (κ2) is 3.46. The molecule has 1 aromatic heterocycles. The Morgan fingerprint density at radius 1 is 1.29 bits per heavy atom. The van der Waals surface area contributed by atoms with Crippen molar-refractivity contribution in [2.24, 2.45) is 0 Å². The standard InChI is InChI=1S/C10H6F2NS/c1-6-5-14-10(13-6)7-3-2-4-8(11)9(7)12/h2-5H,1H2. The molecule has 0 spiro atoms. The van der Waals surface area contributed by atoms with Crippen LogP contribution in [0.2, 0.25) is 0 Å². The van der Waals surface area contributed by atoms with Gasteiger partial charge in [0, 0.05) is 10.9 Å².